The number of rotatable bonds is 3. The van der Waals surface area contributed by atoms with E-state index in [2.05, 4.69) is 4.98 Å². The molecular formula is C13H11ClN4O3. The number of nitro groups is 1. The van der Waals surface area contributed by atoms with Gasteiger partial charge in [0.15, 0.2) is 0 Å². The van der Waals surface area contributed by atoms with Crippen molar-refractivity contribution in [2.45, 2.75) is 0 Å². The van der Waals surface area contributed by atoms with Crippen LogP contribution in [0.15, 0.2) is 36.7 Å². The third-order valence-corrected chi connectivity index (χ3v) is 3.22. The highest BCUT2D eigenvalue weighted by Gasteiger charge is 2.21. The molecule has 7 nitrogen and oxygen atoms in total. The van der Waals surface area contributed by atoms with Crippen LogP contribution in [0.4, 0.5) is 17.1 Å². The summed E-state index contributed by atoms with van der Waals surface area (Å²) in [4.78, 5) is 27.8. The topological polar surface area (TPSA) is 102 Å². The normalized spacial score (nSPS) is 10.2. The number of nitrogens with two attached hydrogens (primary N) is 1. The molecule has 0 fully saturated rings. The quantitative estimate of drug-likeness (QED) is 0.533. The Labute approximate surface area is 125 Å². The van der Waals surface area contributed by atoms with Gasteiger partial charge in [-0.05, 0) is 18.2 Å². The van der Waals surface area contributed by atoms with E-state index in [0.717, 1.165) is 6.07 Å². The van der Waals surface area contributed by atoms with Crippen LogP contribution in [0, 0.1) is 10.1 Å². The number of amides is 1. The number of benzene rings is 1. The summed E-state index contributed by atoms with van der Waals surface area (Å²) in [5.41, 5.74) is 5.66. The zero-order valence-electron chi connectivity index (χ0n) is 11.0. The summed E-state index contributed by atoms with van der Waals surface area (Å²) in [5.74, 6) is -0.439. The van der Waals surface area contributed by atoms with E-state index in [0.29, 0.717) is 5.69 Å². The van der Waals surface area contributed by atoms with Gasteiger partial charge in [0, 0.05) is 36.8 Å². The van der Waals surface area contributed by atoms with Crippen LogP contribution >= 0.6 is 11.6 Å². The van der Waals surface area contributed by atoms with Gasteiger partial charge in [-0.15, -0.1) is 0 Å². The second-order valence-electron chi connectivity index (χ2n) is 4.22. The standard InChI is InChI=1S/C13H11ClN4O3/c1-17(9-2-4-16-5-3-9)13(19)8-6-10(14)12(15)11(7-8)18(20)21/h2-7H,15H2,1H3. The van der Waals surface area contributed by atoms with Crippen molar-refractivity contribution in [2.24, 2.45) is 0 Å². The highest BCUT2D eigenvalue weighted by molar-refractivity contribution is 6.34. The summed E-state index contributed by atoms with van der Waals surface area (Å²) in [6.45, 7) is 0. The fraction of sp³-hybridized carbons (Fsp3) is 0.0769. The summed E-state index contributed by atoms with van der Waals surface area (Å²) in [6, 6.07) is 5.71. The second kappa shape index (κ2) is 5.76. The molecule has 108 valence electrons. The molecule has 8 heteroatoms. The Bertz CT molecular complexity index is 706. The van der Waals surface area contributed by atoms with Crippen molar-refractivity contribution in [1.82, 2.24) is 4.98 Å². The van der Waals surface area contributed by atoms with Crippen LogP contribution in [0.2, 0.25) is 5.02 Å². The van der Waals surface area contributed by atoms with Crippen LogP contribution in [0.3, 0.4) is 0 Å². The van der Waals surface area contributed by atoms with E-state index in [9.17, 15) is 14.9 Å². The highest BCUT2D eigenvalue weighted by atomic mass is 35.5. The number of hydrogen-bond donors (Lipinski definition) is 1. The maximum atomic E-state index is 12.4. The molecule has 0 saturated heterocycles. The molecule has 0 spiro atoms. The van der Waals surface area contributed by atoms with Gasteiger partial charge in [0.05, 0.1) is 9.95 Å². The number of nitro benzene ring substituents is 1. The predicted octanol–water partition coefficient (Wildman–Crippen LogP) is 2.50. The average Bonchev–Trinajstić information content (AvgIpc) is 2.49. The molecule has 21 heavy (non-hydrogen) atoms. The number of carbonyl (C=O) groups excluding carboxylic acids is 1. The Morgan fingerprint density at radius 2 is 2.00 bits per heavy atom. The van der Waals surface area contributed by atoms with E-state index < -0.39 is 16.5 Å². The molecular weight excluding hydrogens is 296 g/mol. The zero-order chi connectivity index (χ0) is 15.6. The minimum Gasteiger partial charge on any atom is -0.392 e. The van der Waals surface area contributed by atoms with E-state index in [1.807, 2.05) is 0 Å². The monoisotopic (exact) mass is 306 g/mol. The first kappa shape index (κ1) is 14.7. The van der Waals surface area contributed by atoms with Gasteiger partial charge in [0.1, 0.15) is 5.69 Å². The molecule has 2 N–H and O–H groups in total. The van der Waals surface area contributed by atoms with Gasteiger partial charge in [0.25, 0.3) is 11.6 Å². The highest BCUT2D eigenvalue weighted by Crippen LogP contribution is 2.31. The average molecular weight is 307 g/mol. The number of hydrogen-bond acceptors (Lipinski definition) is 5. The number of aromatic nitrogens is 1. The van der Waals surface area contributed by atoms with E-state index in [-0.39, 0.29) is 16.3 Å². The molecule has 0 radical (unpaired) electrons. The van der Waals surface area contributed by atoms with Crippen molar-refractivity contribution in [2.75, 3.05) is 17.7 Å². The van der Waals surface area contributed by atoms with Gasteiger partial charge in [-0.3, -0.25) is 19.9 Å². The molecule has 0 saturated carbocycles. The Balaban J connectivity index is 2.42. The first-order valence-electron chi connectivity index (χ1n) is 5.83. The molecule has 0 aliphatic rings. The summed E-state index contributed by atoms with van der Waals surface area (Å²) in [5, 5.41) is 10.9. The lowest BCUT2D eigenvalue weighted by atomic mass is 10.1. The molecule has 0 atom stereocenters. The van der Waals surface area contributed by atoms with Crippen molar-refractivity contribution in [3.05, 3.63) is 57.4 Å². The predicted molar refractivity (Wildman–Crippen MR) is 79.5 cm³/mol. The maximum Gasteiger partial charge on any atom is 0.294 e. The van der Waals surface area contributed by atoms with Crippen LogP contribution in [0.1, 0.15) is 10.4 Å². The molecule has 1 aromatic heterocycles. The summed E-state index contributed by atoms with van der Waals surface area (Å²) in [7, 11) is 1.55. The largest absolute Gasteiger partial charge is 0.392 e. The van der Waals surface area contributed by atoms with Crippen LogP contribution < -0.4 is 10.6 Å². The minimum absolute atomic E-state index is 0.0318. The van der Waals surface area contributed by atoms with E-state index in [4.69, 9.17) is 17.3 Å². The third kappa shape index (κ3) is 2.92. The number of anilines is 2. The number of halogens is 1. The van der Waals surface area contributed by atoms with Crippen molar-refractivity contribution < 1.29 is 9.72 Å². The smallest absolute Gasteiger partial charge is 0.294 e. The molecule has 1 aromatic carbocycles. The Morgan fingerprint density at radius 1 is 1.38 bits per heavy atom. The molecule has 0 aliphatic heterocycles. The van der Waals surface area contributed by atoms with Crippen LogP contribution in [-0.4, -0.2) is 22.9 Å². The van der Waals surface area contributed by atoms with Crippen molar-refractivity contribution in [3.8, 4) is 0 Å². The van der Waals surface area contributed by atoms with Crippen molar-refractivity contribution >= 4 is 34.6 Å². The summed E-state index contributed by atoms with van der Waals surface area (Å²) < 4.78 is 0. The number of pyridine rings is 1. The molecule has 2 rings (SSSR count). The van der Waals surface area contributed by atoms with Gasteiger partial charge in [-0.1, -0.05) is 11.6 Å². The molecule has 0 unspecified atom stereocenters. The number of nitrogen functional groups attached to an aromatic ring is 1. The molecule has 1 amide bonds. The Morgan fingerprint density at radius 3 is 2.57 bits per heavy atom. The number of nitrogens with zero attached hydrogens (tertiary/aromatic N) is 3. The SMILES string of the molecule is CN(C(=O)c1cc(Cl)c(N)c([N+](=O)[O-])c1)c1ccncc1. The molecule has 0 bridgehead atoms. The lowest BCUT2D eigenvalue weighted by Crippen LogP contribution is -2.26. The first-order valence-corrected chi connectivity index (χ1v) is 6.21. The van der Waals surface area contributed by atoms with Gasteiger partial charge in [0.2, 0.25) is 0 Å². The van der Waals surface area contributed by atoms with Gasteiger partial charge in [-0.2, -0.15) is 0 Å². The van der Waals surface area contributed by atoms with E-state index >= 15 is 0 Å². The fourth-order valence-corrected chi connectivity index (χ4v) is 1.97. The zero-order valence-corrected chi connectivity index (χ0v) is 11.7. The molecule has 2 aromatic rings. The Kier molecular flexibility index (Phi) is 4.04. The van der Waals surface area contributed by atoms with Crippen molar-refractivity contribution in [1.29, 1.82) is 0 Å². The maximum absolute atomic E-state index is 12.4. The van der Waals surface area contributed by atoms with Gasteiger partial charge in [-0.25, -0.2) is 0 Å². The van der Waals surface area contributed by atoms with Crippen molar-refractivity contribution in [3.63, 3.8) is 0 Å². The fourth-order valence-electron chi connectivity index (χ4n) is 1.76. The van der Waals surface area contributed by atoms with Gasteiger partial charge >= 0.3 is 0 Å². The van der Waals surface area contributed by atoms with E-state index in [1.54, 1.807) is 19.2 Å². The minimum atomic E-state index is -0.676. The third-order valence-electron chi connectivity index (χ3n) is 2.91. The van der Waals surface area contributed by atoms with Crippen LogP contribution in [-0.2, 0) is 0 Å². The first-order chi connectivity index (χ1) is 9.91. The molecule has 1 heterocycles. The lowest BCUT2D eigenvalue weighted by Gasteiger charge is -2.17. The van der Waals surface area contributed by atoms with Crippen LogP contribution in [0.25, 0.3) is 0 Å². The lowest BCUT2D eigenvalue weighted by molar-refractivity contribution is -0.383. The Hall–Kier alpha value is -2.67. The van der Waals surface area contributed by atoms with E-state index in [1.165, 1.54) is 23.4 Å². The summed E-state index contributed by atoms with van der Waals surface area (Å²) in [6.07, 6.45) is 3.08. The second-order valence-corrected chi connectivity index (χ2v) is 4.62. The summed E-state index contributed by atoms with van der Waals surface area (Å²) >= 11 is 5.85. The number of carbonyl (C=O) groups is 1. The van der Waals surface area contributed by atoms with Crippen LogP contribution in [0.5, 0.6) is 0 Å². The molecule has 0 aliphatic carbocycles. The van der Waals surface area contributed by atoms with Gasteiger partial charge < -0.3 is 10.6 Å².